The number of benzene rings is 1. The lowest BCUT2D eigenvalue weighted by molar-refractivity contribution is 0.382. The maximum atomic E-state index is 6.11. The van der Waals surface area contributed by atoms with Gasteiger partial charge < -0.3 is 15.2 Å². The minimum Gasteiger partial charge on any atom is -0.496 e. The Bertz CT molecular complexity index is 336. The van der Waals surface area contributed by atoms with Crippen molar-refractivity contribution in [1.82, 2.24) is 0 Å². The largest absolute Gasteiger partial charge is 0.496 e. The first kappa shape index (κ1) is 10.3. The molecule has 1 saturated carbocycles. The van der Waals surface area contributed by atoms with Crippen LogP contribution in [0.2, 0.25) is 0 Å². The molecule has 3 heteroatoms. The summed E-state index contributed by atoms with van der Waals surface area (Å²) in [7, 11) is 3.35. The third-order valence-electron chi connectivity index (χ3n) is 2.95. The van der Waals surface area contributed by atoms with Gasteiger partial charge in [0.05, 0.1) is 14.2 Å². The average Bonchev–Trinajstić information content (AvgIpc) is 2.96. The van der Waals surface area contributed by atoms with Crippen LogP contribution in [0.15, 0.2) is 18.2 Å². The molecule has 0 amide bonds. The third-order valence-corrected chi connectivity index (χ3v) is 2.95. The summed E-state index contributed by atoms with van der Waals surface area (Å²) >= 11 is 0. The predicted octanol–water partition coefficient (Wildman–Crippen LogP) is 1.74. The van der Waals surface area contributed by atoms with E-state index >= 15 is 0 Å². The van der Waals surface area contributed by atoms with Crippen molar-refractivity contribution >= 4 is 0 Å². The van der Waals surface area contributed by atoms with E-state index in [2.05, 4.69) is 0 Å². The van der Waals surface area contributed by atoms with Crippen molar-refractivity contribution in [3.8, 4) is 11.5 Å². The van der Waals surface area contributed by atoms with Crippen molar-refractivity contribution < 1.29 is 9.47 Å². The Morgan fingerprint density at radius 3 is 2.13 bits per heavy atom. The fraction of sp³-hybridized carbons (Fsp3) is 0.500. The number of nitrogens with two attached hydrogens (primary N) is 1. The van der Waals surface area contributed by atoms with E-state index in [-0.39, 0.29) is 5.54 Å². The van der Waals surface area contributed by atoms with Gasteiger partial charge in [0.15, 0.2) is 0 Å². The van der Waals surface area contributed by atoms with E-state index in [0.29, 0.717) is 0 Å². The fourth-order valence-corrected chi connectivity index (χ4v) is 1.79. The predicted molar refractivity (Wildman–Crippen MR) is 59.4 cm³/mol. The first-order valence-corrected chi connectivity index (χ1v) is 5.17. The Morgan fingerprint density at radius 2 is 1.73 bits per heavy atom. The zero-order chi connectivity index (χ0) is 10.9. The average molecular weight is 207 g/mol. The van der Waals surface area contributed by atoms with Gasteiger partial charge in [0.25, 0.3) is 0 Å². The molecule has 0 spiro atoms. The standard InChI is InChI=1S/C12H17NO2/c1-14-10-4-3-5-11(15-2)9(10)8-12(13)6-7-12/h3-5H,6-8,13H2,1-2H3. The van der Waals surface area contributed by atoms with Gasteiger partial charge in [0.1, 0.15) is 11.5 Å². The van der Waals surface area contributed by atoms with Gasteiger partial charge in [-0.05, 0) is 31.4 Å². The molecule has 2 N–H and O–H groups in total. The molecule has 1 aromatic rings. The van der Waals surface area contributed by atoms with Crippen LogP contribution in [0.25, 0.3) is 0 Å². The van der Waals surface area contributed by atoms with Gasteiger partial charge in [-0.3, -0.25) is 0 Å². The molecule has 0 heterocycles. The zero-order valence-corrected chi connectivity index (χ0v) is 9.25. The van der Waals surface area contributed by atoms with Crippen molar-refractivity contribution in [2.75, 3.05) is 14.2 Å². The first-order chi connectivity index (χ1) is 7.18. The van der Waals surface area contributed by atoms with Gasteiger partial charge >= 0.3 is 0 Å². The normalized spacial score (nSPS) is 17.3. The Kier molecular flexibility index (Phi) is 2.57. The molecular formula is C12H17NO2. The van der Waals surface area contributed by atoms with Gasteiger partial charge in [0.2, 0.25) is 0 Å². The molecular weight excluding hydrogens is 190 g/mol. The Morgan fingerprint density at radius 1 is 1.20 bits per heavy atom. The first-order valence-electron chi connectivity index (χ1n) is 5.17. The molecule has 15 heavy (non-hydrogen) atoms. The molecule has 1 aliphatic rings. The molecule has 0 bridgehead atoms. The van der Waals surface area contributed by atoms with Gasteiger partial charge in [0, 0.05) is 11.1 Å². The highest BCUT2D eigenvalue weighted by atomic mass is 16.5. The lowest BCUT2D eigenvalue weighted by Gasteiger charge is -2.15. The van der Waals surface area contributed by atoms with Crippen molar-refractivity contribution in [3.63, 3.8) is 0 Å². The molecule has 1 fully saturated rings. The summed E-state index contributed by atoms with van der Waals surface area (Å²) in [6.45, 7) is 0. The quantitative estimate of drug-likeness (QED) is 0.817. The smallest absolute Gasteiger partial charge is 0.125 e. The summed E-state index contributed by atoms with van der Waals surface area (Å²) in [4.78, 5) is 0. The van der Waals surface area contributed by atoms with E-state index in [1.807, 2.05) is 18.2 Å². The SMILES string of the molecule is COc1cccc(OC)c1CC1(N)CC1. The Balaban J connectivity index is 2.32. The zero-order valence-electron chi connectivity index (χ0n) is 9.25. The van der Waals surface area contributed by atoms with Crippen molar-refractivity contribution in [2.45, 2.75) is 24.8 Å². The van der Waals surface area contributed by atoms with Crippen LogP contribution < -0.4 is 15.2 Å². The van der Waals surface area contributed by atoms with Crippen molar-refractivity contribution in [2.24, 2.45) is 5.73 Å². The monoisotopic (exact) mass is 207 g/mol. The second kappa shape index (κ2) is 3.74. The number of hydrogen-bond acceptors (Lipinski definition) is 3. The minimum atomic E-state index is -0.0259. The van der Waals surface area contributed by atoms with E-state index in [1.54, 1.807) is 14.2 Å². The topological polar surface area (TPSA) is 44.5 Å². The molecule has 2 rings (SSSR count). The Labute approximate surface area is 90.2 Å². The molecule has 1 aromatic carbocycles. The molecule has 0 atom stereocenters. The number of hydrogen-bond donors (Lipinski definition) is 1. The van der Waals surface area contributed by atoms with Gasteiger partial charge in [-0.25, -0.2) is 0 Å². The van der Waals surface area contributed by atoms with E-state index in [9.17, 15) is 0 Å². The maximum Gasteiger partial charge on any atom is 0.125 e. The van der Waals surface area contributed by atoms with Crippen LogP contribution in [0.4, 0.5) is 0 Å². The van der Waals surface area contributed by atoms with Crippen LogP contribution in [0, 0.1) is 0 Å². The van der Waals surface area contributed by atoms with Crippen LogP contribution in [-0.4, -0.2) is 19.8 Å². The molecule has 0 unspecified atom stereocenters. The third kappa shape index (κ3) is 2.07. The summed E-state index contributed by atoms with van der Waals surface area (Å²) in [5, 5.41) is 0. The highest BCUT2D eigenvalue weighted by Crippen LogP contribution is 2.40. The van der Waals surface area contributed by atoms with Crippen LogP contribution in [0.3, 0.4) is 0 Å². The summed E-state index contributed by atoms with van der Waals surface area (Å²) in [5.74, 6) is 1.73. The Hall–Kier alpha value is -1.22. The molecule has 1 aliphatic carbocycles. The number of rotatable bonds is 4. The molecule has 3 nitrogen and oxygen atoms in total. The highest BCUT2D eigenvalue weighted by molar-refractivity contribution is 5.46. The van der Waals surface area contributed by atoms with E-state index in [0.717, 1.165) is 36.3 Å². The van der Waals surface area contributed by atoms with E-state index in [1.165, 1.54) is 0 Å². The van der Waals surface area contributed by atoms with Crippen LogP contribution >= 0.6 is 0 Å². The summed E-state index contributed by atoms with van der Waals surface area (Å²) in [5.41, 5.74) is 7.17. The molecule has 0 aromatic heterocycles. The lowest BCUT2D eigenvalue weighted by atomic mass is 10.0. The van der Waals surface area contributed by atoms with Crippen LogP contribution in [0.1, 0.15) is 18.4 Å². The van der Waals surface area contributed by atoms with Gasteiger partial charge in [-0.2, -0.15) is 0 Å². The van der Waals surface area contributed by atoms with Crippen molar-refractivity contribution in [3.05, 3.63) is 23.8 Å². The summed E-state index contributed by atoms with van der Waals surface area (Å²) in [6, 6.07) is 5.82. The second-order valence-electron chi connectivity index (χ2n) is 4.18. The van der Waals surface area contributed by atoms with E-state index < -0.39 is 0 Å². The van der Waals surface area contributed by atoms with Crippen molar-refractivity contribution in [1.29, 1.82) is 0 Å². The second-order valence-corrected chi connectivity index (χ2v) is 4.18. The molecule has 82 valence electrons. The molecule has 0 radical (unpaired) electrons. The summed E-state index contributed by atoms with van der Waals surface area (Å²) in [6.07, 6.45) is 3.02. The minimum absolute atomic E-state index is 0.0259. The van der Waals surface area contributed by atoms with E-state index in [4.69, 9.17) is 15.2 Å². The number of ether oxygens (including phenoxy) is 2. The lowest BCUT2D eigenvalue weighted by Crippen LogP contribution is -2.25. The maximum absolute atomic E-state index is 6.11. The number of methoxy groups -OCH3 is 2. The fourth-order valence-electron chi connectivity index (χ4n) is 1.79. The molecule has 0 saturated heterocycles. The van der Waals surface area contributed by atoms with Crippen LogP contribution in [0.5, 0.6) is 11.5 Å². The van der Waals surface area contributed by atoms with Crippen LogP contribution in [-0.2, 0) is 6.42 Å². The van der Waals surface area contributed by atoms with Gasteiger partial charge in [-0.1, -0.05) is 6.07 Å². The molecule has 0 aliphatic heterocycles. The van der Waals surface area contributed by atoms with Gasteiger partial charge in [-0.15, -0.1) is 0 Å². The highest BCUT2D eigenvalue weighted by Gasteiger charge is 2.39. The summed E-state index contributed by atoms with van der Waals surface area (Å²) < 4.78 is 10.7.